The van der Waals surface area contributed by atoms with Crippen LogP contribution in [-0.2, 0) is 4.74 Å². The van der Waals surface area contributed by atoms with Gasteiger partial charge in [0.25, 0.3) is 0 Å². The first kappa shape index (κ1) is 12.9. The van der Waals surface area contributed by atoms with E-state index >= 15 is 0 Å². The third-order valence-electron chi connectivity index (χ3n) is 3.42. The summed E-state index contributed by atoms with van der Waals surface area (Å²) >= 11 is 0. The third kappa shape index (κ3) is 3.74. The average Bonchev–Trinajstić information content (AvgIpc) is 3.16. The summed E-state index contributed by atoms with van der Waals surface area (Å²) in [5.41, 5.74) is 7.20. The molecule has 1 aromatic rings. The highest BCUT2D eigenvalue weighted by Crippen LogP contribution is 2.48. The third-order valence-corrected chi connectivity index (χ3v) is 3.42. The predicted octanol–water partition coefficient (Wildman–Crippen LogP) is 2.23. The molecule has 0 radical (unpaired) electrons. The highest BCUT2D eigenvalue weighted by Gasteiger charge is 2.41. The molecule has 2 rings (SSSR count). The Labute approximate surface area is 108 Å². The molecule has 4 heteroatoms. The van der Waals surface area contributed by atoms with Crippen LogP contribution in [0.25, 0.3) is 0 Å². The molecule has 1 aliphatic rings. The van der Waals surface area contributed by atoms with E-state index in [1.165, 1.54) is 12.8 Å². The number of hydrogen-bond acceptors (Lipinski definition) is 2. The van der Waals surface area contributed by atoms with Crippen molar-refractivity contribution in [3.63, 3.8) is 0 Å². The van der Waals surface area contributed by atoms with E-state index in [-0.39, 0.29) is 0 Å². The summed E-state index contributed by atoms with van der Waals surface area (Å²) in [6.45, 7) is 1.60. The molecular formula is C14H21N3O. The molecule has 0 saturated heterocycles. The first-order chi connectivity index (χ1) is 8.74. The lowest BCUT2D eigenvalue weighted by molar-refractivity contribution is 0.174. The van der Waals surface area contributed by atoms with E-state index in [4.69, 9.17) is 10.5 Å². The van der Waals surface area contributed by atoms with Crippen LogP contribution < -0.4 is 11.1 Å². The lowest BCUT2D eigenvalue weighted by atomic mass is 10.0. The molecule has 0 atom stereocenters. The van der Waals surface area contributed by atoms with Crippen LogP contribution in [0.2, 0.25) is 0 Å². The minimum absolute atomic E-state index is 0.346. The van der Waals surface area contributed by atoms with E-state index in [9.17, 15) is 0 Å². The van der Waals surface area contributed by atoms with Crippen molar-refractivity contribution in [2.75, 3.05) is 25.6 Å². The Bertz CT molecular complexity index is 399. The van der Waals surface area contributed by atoms with Gasteiger partial charge in [0.15, 0.2) is 5.96 Å². The van der Waals surface area contributed by atoms with Gasteiger partial charge in [-0.25, -0.2) is 0 Å². The minimum Gasteiger partial charge on any atom is -0.385 e. The van der Waals surface area contributed by atoms with Gasteiger partial charge in [0.05, 0.1) is 0 Å². The maximum Gasteiger partial charge on any atom is 0.193 e. The van der Waals surface area contributed by atoms with E-state index in [1.54, 1.807) is 7.11 Å². The van der Waals surface area contributed by atoms with Crippen molar-refractivity contribution in [1.82, 2.24) is 0 Å². The Hall–Kier alpha value is -1.55. The van der Waals surface area contributed by atoms with E-state index < -0.39 is 0 Å². The van der Waals surface area contributed by atoms with Crippen LogP contribution in [0.3, 0.4) is 0 Å². The molecule has 1 fully saturated rings. The second kappa shape index (κ2) is 5.87. The van der Waals surface area contributed by atoms with Gasteiger partial charge in [-0.3, -0.25) is 4.99 Å². The zero-order chi connectivity index (χ0) is 12.8. The van der Waals surface area contributed by atoms with Crippen LogP contribution in [0, 0.1) is 5.41 Å². The number of ether oxygens (including phenoxy) is 1. The molecule has 98 valence electrons. The van der Waals surface area contributed by atoms with Crippen LogP contribution >= 0.6 is 0 Å². The topological polar surface area (TPSA) is 59.6 Å². The average molecular weight is 247 g/mol. The molecule has 18 heavy (non-hydrogen) atoms. The SMILES string of the molecule is COCCC1(CN=C(N)Nc2ccccc2)CC1. The largest absolute Gasteiger partial charge is 0.385 e. The normalized spacial score (nSPS) is 17.5. The van der Waals surface area contributed by atoms with Gasteiger partial charge in [-0.15, -0.1) is 0 Å². The fraction of sp³-hybridized carbons (Fsp3) is 0.500. The maximum absolute atomic E-state index is 5.88. The van der Waals surface area contributed by atoms with E-state index in [1.807, 2.05) is 30.3 Å². The van der Waals surface area contributed by atoms with Gasteiger partial charge < -0.3 is 15.8 Å². The molecular weight excluding hydrogens is 226 g/mol. The molecule has 3 N–H and O–H groups in total. The second-order valence-corrected chi connectivity index (χ2v) is 4.94. The van der Waals surface area contributed by atoms with Gasteiger partial charge in [0.2, 0.25) is 0 Å². The number of hydrogen-bond donors (Lipinski definition) is 2. The van der Waals surface area contributed by atoms with Crippen LogP contribution in [-0.4, -0.2) is 26.2 Å². The molecule has 4 nitrogen and oxygen atoms in total. The van der Waals surface area contributed by atoms with Crippen LogP contribution in [0.15, 0.2) is 35.3 Å². The number of rotatable bonds is 6. The van der Waals surface area contributed by atoms with Crippen molar-refractivity contribution >= 4 is 11.6 Å². The van der Waals surface area contributed by atoms with E-state index in [0.29, 0.717) is 11.4 Å². The Balaban J connectivity index is 1.82. The fourth-order valence-electron chi connectivity index (χ4n) is 1.94. The predicted molar refractivity (Wildman–Crippen MR) is 74.7 cm³/mol. The van der Waals surface area contributed by atoms with Crippen LogP contribution in [0.4, 0.5) is 5.69 Å². The van der Waals surface area contributed by atoms with Gasteiger partial charge in [0.1, 0.15) is 0 Å². The van der Waals surface area contributed by atoms with E-state index in [2.05, 4.69) is 10.3 Å². The molecule has 0 heterocycles. The summed E-state index contributed by atoms with van der Waals surface area (Å²) in [6.07, 6.45) is 3.54. The zero-order valence-electron chi connectivity index (χ0n) is 10.9. The number of anilines is 1. The van der Waals surface area contributed by atoms with E-state index in [0.717, 1.165) is 25.3 Å². The highest BCUT2D eigenvalue weighted by molar-refractivity contribution is 5.92. The number of methoxy groups -OCH3 is 1. The number of para-hydroxylation sites is 1. The number of nitrogens with two attached hydrogens (primary N) is 1. The summed E-state index contributed by atoms with van der Waals surface area (Å²) < 4.78 is 5.12. The summed E-state index contributed by atoms with van der Waals surface area (Å²) in [5.74, 6) is 0.491. The molecule has 0 unspecified atom stereocenters. The van der Waals surface area contributed by atoms with Gasteiger partial charge in [-0.2, -0.15) is 0 Å². The van der Waals surface area contributed by atoms with Crippen molar-refractivity contribution in [1.29, 1.82) is 0 Å². The second-order valence-electron chi connectivity index (χ2n) is 4.94. The molecule has 1 aliphatic carbocycles. The molecule has 1 saturated carbocycles. The lowest BCUT2D eigenvalue weighted by Crippen LogP contribution is -2.24. The Morgan fingerprint density at radius 3 is 2.72 bits per heavy atom. The summed E-state index contributed by atoms with van der Waals surface area (Å²) in [4.78, 5) is 4.43. The van der Waals surface area contributed by atoms with Gasteiger partial charge >= 0.3 is 0 Å². The van der Waals surface area contributed by atoms with Gasteiger partial charge in [0, 0.05) is 25.9 Å². The summed E-state index contributed by atoms with van der Waals surface area (Å²) in [7, 11) is 1.74. The maximum atomic E-state index is 5.88. The molecule has 0 bridgehead atoms. The molecule has 0 amide bonds. The van der Waals surface area contributed by atoms with Crippen molar-refractivity contribution in [3.8, 4) is 0 Å². The molecule has 1 aromatic carbocycles. The van der Waals surface area contributed by atoms with Crippen LogP contribution in [0.1, 0.15) is 19.3 Å². The Morgan fingerprint density at radius 1 is 1.39 bits per heavy atom. The van der Waals surface area contributed by atoms with Gasteiger partial charge in [-0.1, -0.05) is 18.2 Å². The van der Waals surface area contributed by atoms with Crippen molar-refractivity contribution in [2.24, 2.45) is 16.1 Å². The standard InChI is InChI=1S/C14H21N3O/c1-18-10-9-14(7-8-14)11-16-13(15)17-12-5-3-2-4-6-12/h2-6H,7-11H2,1H3,(H3,15,16,17). The van der Waals surface area contributed by atoms with Crippen molar-refractivity contribution < 1.29 is 4.74 Å². The summed E-state index contributed by atoms with van der Waals surface area (Å²) in [6, 6.07) is 9.86. The molecule has 0 spiro atoms. The quantitative estimate of drug-likeness (QED) is 0.598. The Kier molecular flexibility index (Phi) is 4.20. The van der Waals surface area contributed by atoms with Crippen molar-refractivity contribution in [2.45, 2.75) is 19.3 Å². The lowest BCUT2D eigenvalue weighted by Gasteiger charge is -2.12. The molecule has 0 aromatic heterocycles. The number of aliphatic imine (C=N–C) groups is 1. The van der Waals surface area contributed by atoms with Crippen LogP contribution in [0.5, 0.6) is 0 Å². The number of nitrogens with one attached hydrogen (secondary N) is 1. The minimum atomic E-state index is 0.346. The number of guanidine groups is 1. The highest BCUT2D eigenvalue weighted by atomic mass is 16.5. The molecule has 0 aliphatic heterocycles. The fourth-order valence-corrected chi connectivity index (χ4v) is 1.94. The number of nitrogens with zero attached hydrogens (tertiary/aromatic N) is 1. The first-order valence-electron chi connectivity index (χ1n) is 6.35. The zero-order valence-corrected chi connectivity index (χ0v) is 10.9. The van der Waals surface area contributed by atoms with Gasteiger partial charge in [-0.05, 0) is 36.8 Å². The smallest absolute Gasteiger partial charge is 0.193 e. The summed E-state index contributed by atoms with van der Waals surface area (Å²) in [5, 5.41) is 3.09. The monoisotopic (exact) mass is 247 g/mol. The Morgan fingerprint density at radius 2 is 2.11 bits per heavy atom. The van der Waals surface area contributed by atoms with Crippen molar-refractivity contribution in [3.05, 3.63) is 30.3 Å². The number of benzene rings is 1. The first-order valence-corrected chi connectivity index (χ1v) is 6.35.